The minimum absolute atomic E-state index is 0.00734. The molecule has 0 spiro atoms. The molecule has 1 amide bonds. The number of carbonyl (C=O) groups excluding carboxylic acids is 1. The van der Waals surface area contributed by atoms with Crippen molar-refractivity contribution in [3.8, 4) is 18.1 Å². The number of carboxylic acids is 1. The molecule has 2 aromatic rings. The number of rotatable bonds is 8. The van der Waals surface area contributed by atoms with Crippen molar-refractivity contribution in [3.63, 3.8) is 0 Å². The van der Waals surface area contributed by atoms with Crippen molar-refractivity contribution < 1.29 is 19.4 Å². The third-order valence-electron chi connectivity index (χ3n) is 4.36. The quantitative estimate of drug-likeness (QED) is 0.294. The van der Waals surface area contributed by atoms with E-state index < -0.39 is 5.97 Å². The van der Waals surface area contributed by atoms with E-state index in [1.807, 2.05) is 36.4 Å². The van der Waals surface area contributed by atoms with Crippen LogP contribution in [0.5, 0.6) is 5.75 Å². The van der Waals surface area contributed by atoms with Crippen LogP contribution in [0.4, 0.5) is 0 Å². The van der Waals surface area contributed by atoms with Crippen LogP contribution < -0.4 is 4.74 Å². The maximum Gasteiger partial charge on any atom is 0.303 e. The van der Waals surface area contributed by atoms with E-state index in [1.54, 1.807) is 6.08 Å². The van der Waals surface area contributed by atoms with Crippen LogP contribution in [0.2, 0.25) is 0 Å². The zero-order chi connectivity index (χ0) is 20.8. The van der Waals surface area contributed by atoms with Gasteiger partial charge in [-0.2, -0.15) is 0 Å². The molecule has 148 valence electrons. The molecule has 0 atom stereocenters. The molecule has 0 saturated carbocycles. The van der Waals surface area contributed by atoms with Gasteiger partial charge in [-0.1, -0.05) is 54.3 Å². The van der Waals surface area contributed by atoms with Crippen molar-refractivity contribution >= 4 is 57.0 Å². The summed E-state index contributed by atoms with van der Waals surface area (Å²) in [5.41, 5.74) is 0.797. The zero-order valence-electron chi connectivity index (χ0n) is 15.6. The minimum Gasteiger partial charge on any atom is -0.492 e. The number of terminal acetylenes is 1. The Morgan fingerprint density at radius 1 is 1.31 bits per heavy atom. The molecule has 1 saturated heterocycles. The highest BCUT2D eigenvalue weighted by Gasteiger charge is 2.32. The van der Waals surface area contributed by atoms with Gasteiger partial charge in [0.15, 0.2) is 0 Å². The Balaban J connectivity index is 1.93. The lowest BCUT2D eigenvalue weighted by molar-refractivity contribution is -0.137. The molecular formula is C22H19NO4S2. The van der Waals surface area contributed by atoms with Gasteiger partial charge in [-0.25, -0.2) is 0 Å². The number of thioether (sulfide) groups is 1. The van der Waals surface area contributed by atoms with Crippen molar-refractivity contribution in [3.05, 3.63) is 46.9 Å². The van der Waals surface area contributed by atoms with Gasteiger partial charge < -0.3 is 9.84 Å². The summed E-state index contributed by atoms with van der Waals surface area (Å²) in [6.07, 6.45) is 7.94. The predicted octanol–water partition coefficient (Wildman–Crippen LogP) is 4.31. The fourth-order valence-electron chi connectivity index (χ4n) is 2.98. The fourth-order valence-corrected chi connectivity index (χ4v) is 4.27. The maximum absolute atomic E-state index is 12.8. The summed E-state index contributed by atoms with van der Waals surface area (Å²) in [7, 11) is 0. The van der Waals surface area contributed by atoms with E-state index in [0.29, 0.717) is 34.4 Å². The molecule has 3 rings (SSSR count). The molecule has 0 bridgehead atoms. The molecule has 1 N–H and O–H groups in total. The molecule has 0 radical (unpaired) electrons. The second kappa shape index (κ2) is 9.59. The van der Waals surface area contributed by atoms with Crippen LogP contribution in [-0.4, -0.2) is 39.4 Å². The number of carboxylic acid groups (broad SMARTS) is 1. The van der Waals surface area contributed by atoms with Crippen LogP contribution in [-0.2, 0) is 9.59 Å². The van der Waals surface area contributed by atoms with Gasteiger partial charge in [0, 0.05) is 24.9 Å². The van der Waals surface area contributed by atoms with Crippen LogP contribution in [0.3, 0.4) is 0 Å². The monoisotopic (exact) mass is 425 g/mol. The Morgan fingerprint density at radius 2 is 2.10 bits per heavy atom. The number of nitrogens with zero attached hydrogens (tertiary/aromatic N) is 1. The number of benzene rings is 2. The lowest BCUT2D eigenvalue weighted by atomic mass is 10.0. The molecule has 7 heteroatoms. The first-order valence-electron chi connectivity index (χ1n) is 9.06. The number of hydrogen-bond acceptors (Lipinski definition) is 5. The topological polar surface area (TPSA) is 66.8 Å². The molecule has 5 nitrogen and oxygen atoms in total. The number of ether oxygens (including phenoxy) is 1. The average Bonchev–Trinajstić information content (AvgIpc) is 2.96. The second-order valence-corrected chi connectivity index (χ2v) is 8.01. The summed E-state index contributed by atoms with van der Waals surface area (Å²) in [4.78, 5) is 25.5. The SMILES string of the molecule is C#CCCOc1ccc2ccccc2c1/C=C1\SC(=S)N(CCCC(=O)O)C1=O. The summed E-state index contributed by atoms with van der Waals surface area (Å²) >= 11 is 6.55. The Morgan fingerprint density at radius 3 is 2.86 bits per heavy atom. The minimum atomic E-state index is -0.893. The van der Waals surface area contributed by atoms with Crippen molar-refractivity contribution in [2.45, 2.75) is 19.3 Å². The number of thiocarbonyl (C=S) groups is 1. The van der Waals surface area contributed by atoms with Crippen molar-refractivity contribution in [1.82, 2.24) is 4.90 Å². The summed E-state index contributed by atoms with van der Waals surface area (Å²) in [5.74, 6) is 2.09. The first-order chi connectivity index (χ1) is 14.0. The smallest absolute Gasteiger partial charge is 0.303 e. The number of aliphatic carboxylic acids is 1. The Bertz CT molecular complexity index is 1040. The normalized spacial score (nSPS) is 15.1. The van der Waals surface area contributed by atoms with E-state index >= 15 is 0 Å². The van der Waals surface area contributed by atoms with Gasteiger partial charge >= 0.3 is 5.97 Å². The highest BCUT2D eigenvalue weighted by molar-refractivity contribution is 8.26. The van der Waals surface area contributed by atoms with Crippen LogP contribution in [0.25, 0.3) is 16.8 Å². The second-order valence-electron chi connectivity index (χ2n) is 6.33. The maximum atomic E-state index is 12.8. The van der Waals surface area contributed by atoms with Crippen LogP contribution >= 0.6 is 24.0 Å². The third kappa shape index (κ3) is 4.97. The van der Waals surface area contributed by atoms with Gasteiger partial charge in [-0.05, 0) is 29.3 Å². The van der Waals surface area contributed by atoms with Crippen LogP contribution in [0, 0.1) is 12.3 Å². The van der Waals surface area contributed by atoms with Crippen molar-refractivity contribution in [2.75, 3.05) is 13.2 Å². The molecule has 1 heterocycles. The lowest BCUT2D eigenvalue weighted by Gasteiger charge is -2.13. The average molecular weight is 426 g/mol. The van der Waals surface area contributed by atoms with Crippen LogP contribution in [0.15, 0.2) is 41.3 Å². The number of fused-ring (bicyclic) bond motifs is 1. The van der Waals surface area contributed by atoms with Gasteiger partial charge in [0.2, 0.25) is 0 Å². The van der Waals surface area contributed by atoms with Gasteiger partial charge in [-0.15, -0.1) is 12.3 Å². The van der Waals surface area contributed by atoms with Crippen LogP contribution in [0.1, 0.15) is 24.8 Å². The molecule has 0 aromatic heterocycles. The van der Waals surface area contributed by atoms with E-state index in [2.05, 4.69) is 5.92 Å². The van der Waals surface area contributed by atoms with Crippen molar-refractivity contribution in [1.29, 1.82) is 0 Å². The molecule has 1 aliphatic heterocycles. The summed E-state index contributed by atoms with van der Waals surface area (Å²) in [6.45, 7) is 0.668. The summed E-state index contributed by atoms with van der Waals surface area (Å²) < 4.78 is 6.29. The predicted molar refractivity (Wildman–Crippen MR) is 120 cm³/mol. The molecule has 0 unspecified atom stereocenters. The highest BCUT2D eigenvalue weighted by atomic mass is 32.2. The highest BCUT2D eigenvalue weighted by Crippen LogP contribution is 2.37. The molecule has 29 heavy (non-hydrogen) atoms. The lowest BCUT2D eigenvalue weighted by Crippen LogP contribution is -2.29. The number of amides is 1. The van der Waals surface area contributed by atoms with E-state index in [-0.39, 0.29) is 18.9 Å². The molecule has 0 aliphatic carbocycles. The fraction of sp³-hybridized carbons (Fsp3) is 0.227. The number of carbonyl (C=O) groups is 2. The Labute approximate surface area is 178 Å². The van der Waals surface area contributed by atoms with E-state index in [9.17, 15) is 9.59 Å². The molecule has 1 fully saturated rings. The largest absolute Gasteiger partial charge is 0.492 e. The van der Waals surface area contributed by atoms with E-state index in [4.69, 9.17) is 28.5 Å². The Kier molecular flexibility index (Phi) is 6.91. The Hall–Kier alpha value is -2.82. The van der Waals surface area contributed by atoms with Gasteiger partial charge in [-0.3, -0.25) is 14.5 Å². The van der Waals surface area contributed by atoms with E-state index in [1.165, 1.54) is 16.7 Å². The number of hydrogen-bond donors (Lipinski definition) is 1. The summed E-state index contributed by atoms with van der Waals surface area (Å²) in [6, 6.07) is 11.7. The molecular weight excluding hydrogens is 406 g/mol. The first kappa shape index (κ1) is 20.9. The van der Waals surface area contributed by atoms with Gasteiger partial charge in [0.05, 0.1) is 11.5 Å². The van der Waals surface area contributed by atoms with Gasteiger partial charge in [0.25, 0.3) is 5.91 Å². The summed E-state index contributed by atoms with van der Waals surface area (Å²) in [5, 5.41) is 10.8. The molecule has 2 aromatic carbocycles. The first-order valence-corrected chi connectivity index (χ1v) is 10.3. The van der Waals surface area contributed by atoms with Crippen molar-refractivity contribution in [2.24, 2.45) is 0 Å². The zero-order valence-corrected chi connectivity index (χ0v) is 17.2. The third-order valence-corrected chi connectivity index (χ3v) is 5.73. The van der Waals surface area contributed by atoms with Gasteiger partial charge in [0.1, 0.15) is 10.1 Å². The standard InChI is InChI=1S/C22H19NO4S2/c1-2-3-13-27-18-11-10-15-7-4-5-8-16(15)17(18)14-19-21(26)23(22(28)29-19)12-6-9-20(24)25/h1,4-5,7-8,10-11,14H,3,6,9,12-13H2,(H,24,25)/b19-14-. The molecule has 1 aliphatic rings. The van der Waals surface area contributed by atoms with E-state index in [0.717, 1.165) is 16.3 Å².